The number of rotatable bonds is 11. The van der Waals surface area contributed by atoms with Crippen molar-refractivity contribution in [3.63, 3.8) is 0 Å². The Hall–Kier alpha value is -1.28. The van der Waals surface area contributed by atoms with Gasteiger partial charge in [0, 0.05) is 26.4 Å². The Morgan fingerprint density at radius 1 is 0.486 bits per heavy atom. The second-order valence-corrected chi connectivity index (χ2v) is 5.98. The molecule has 0 bridgehead atoms. The maximum Gasteiger partial charge on any atom is 0.0662 e. The zero-order valence-electron chi connectivity index (χ0n) is 24.9. The topological polar surface area (TPSA) is 99.4 Å². The molecule has 0 amide bonds. The number of hydrogen-bond acceptors (Lipinski definition) is 6. The summed E-state index contributed by atoms with van der Waals surface area (Å²) in [5.74, 6) is 0. The normalized spacial score (nSPS) is 7.31. The predicted octanol–water partition coefficient (Wildman–Crippen LogP) is 6.75. The van der Waals surface area contributed by atoms with Crippen LogP contribution < -0.4 is 0 Å². The molecular weight excluding hydrogens is 444 g/mol. The minimum atomic E-state index is -0.125. The van der Waals surface area contributed by atoms with Gasteiger partial charge in [-0.15, -0.1) is 26.3 Å². The molecule has 0 aliphatic rings. The van der Waals surface area contributed by atoms with Gasteiger partial charge in [0.15, 0.2) is 0 Å². The molecule has 0 spiro atoms. The van der Waals surface area contributed by atoms with E-state index in [1.807, 2.05) is 41.5 Å². The summed E-state index contributed by atoms with van der Waals surface area (Å²) in [4.78, 5) is 0. The average Bonchev–Trinajstić information content (AvgIpc) is 2.85. The first kappa shape index (κ1) is 54.6. The van der Waals surface area contributed by atoms with Crippen molar-refractivity contribution in [3.8, 4) is 0 Å². The summed E-state index contributed by atoms with van der Waals surface area (Å²) in [7, 11) is 0. The summed E-state index contributed by atoms with van der Waals surface area (Å²) in [6.45, 7) is 32.5. The highest BCUT2D eigenvalue weighted by Crippen LogP contribution is 1.95. The second kappa shape index (κ2) is 105. The number of aliphatic hydroxyl groups is 4. The monoisotopic (exact) mass is 510 g/mol. The summed E-state index contributed by atoms with van der Waals surface area (Å²) >= 11 is 0. The van der Waals surface area contributed by atoms with E-state index in [4.69, 9.17) is 29.9 Å². The predicted molar refractivity (Wildman–Crippen MR) is 159 cm³/mol. The SMILES string of the molecule is C=CC.C=CC.C=CC.C=CC.CCCCCOCCCC.CCOCC.OCCO.OCCO. The van der Waals surface area contributed by atoms with Crippen LogP contribution in [0.25, 0.3) is 0 Å². The van der Waals surface area contributed by atoms with Gasteiger partial charge in [-0.25, -0.2) is 0 Å². The van der Waals surface area contributed by atoms with Crippen molar-refractivity contribution in [3.05, 3.63) is 50.6 Å². The van der Waals surface area contributed by atoms with Crippen LogP contribution in [0.5, 0.6) is 0 Å². The molecule has 0 saturated carbocycles. The first-order chi connectivity index (χ1) is 16.8. The third kappa shape index (κ3) is 327. The van der Waals surface area contributed by atoms with E-state index in [-0.39, 0.29) is 26.4 Å². The molecule has 35 heavy (non-hydrogen) atoms. The molecule has 0 aromatic rings. The van der Waals surface area contributed by atoms with Crippen LogP contribution in [0.15, 0.2) is 50.6 Å². The molecule has 0 aromatic heterocycles. The molecule has 6 heteroatoms. The van der Waals surface area contributed by atoms with E-state index < -0.39 is 0 Å². The summed E-state index contributed by atoms with van der Waals surface area (Å²) < 4.78 is 10.2. The Bertz CT molecular complexity index is 230. The fraction of sp³-hybridized carbons (Fsp3) is 0.724. The van der Waals surface area contributed by atoms with Crippen molar-refractivity contribution >= 4 is 0 Å². The van der Waals surface area contributed by atoms with Crippen LogP contribution in [-0.2, 0) is 9.47 Å². The smallest absolute Gasteiger partial charge is 0.0662 e. The molecule has 6 nitrogen and oxygen atoms in total. The van der Waals surface area contributed by atoms with Gasteiger partial charge in [-0.1, -0.05) is 57.4 Å². The van der Waals surface area contributed by atoms with Gasteiger partial charge in [0.05, 0.1) is 26.4 Å². The van der Waals surface area contributed by atoms with Crippen molar-refractivity contribution in [2.24, 2.45) is 0 Å². The van der Waals surface area contributed by atoms with E-state index >= 15 is 0 Å². The van der Waals surface area contributed by atoms with E-state index in [0.717, 1.165) is 26.4 Å². The molecule has 0 saturated heterocycles. The van der Waals surface area contributed by atoms with E-state index in [0.29, 0.717) is 0 Å². The third-order valence-corrected chi connectivity index (χ3v) is 2.14. The van der Waals surface area contributed by atoms with Gasteiger partial charge in [0.25, 0.3) is 0 Å². The minimum absolute atomic E-state index is 0.125. The van der Waals surface area contributed by atoms with Crippen molar-refractivity contribution in [2.45, 2.75) is 87.5 Å². The minimum Gasteiger partial charge on any atom is -0.394 e. The summed E-state index contributed by atoms with van der Waals surface area (Å²) in [5, 5.41) is 30.5. The number of ether oxygens (including phenoxy) is 2. The van der Waals surface area contributed by atoms with Crippen LogP contribution in [0, 0.1) is 0 Å². The molecule has 0 atom stereocenters. The zero-order valence-corrected chi connectivity index (χ0v) is 24.9. The standard InChI is InChI=1S/C9H20O.C4H10O.4C3H6.2C2H6O2/c1-3-5-7-9-10-8-6-4-2;1-3-5-4-2;4*1-3-2;2*3-1-2-4/h3-9H2,1-2H3;3-4H2,1-2H3;4*3H,1H2,2H3;2*3-4H,1-2H2. The van der Waals surface area contributed by atoms with Crippen molar-refractivity contribution in [1.82, 2.24) is 0 Å². The molecule has 4 N–H and O–H groups in total. The van der Waals surface area contributed by atoms with E-state index in [9.17, 15) is 0 Å². The molecule has 0 radical (unpaired) electrons. The van der Waals surface area contributed by atoms with Crippen LogP contribution in [0.2, 0.25) is 0 Å². The Morgan fingerprint density at radius 3 is 0.914 bits per heavy atom. The van der Waals surface area contributed by atoms with Crippen molar-refractivity contribution < 1.29 is 29.9 Å². The molecular formula is C29H66O6. The molecule has 0 aromatic carbocycles. The van der Waals surface area contributed by atoms with Crippen LogP contribution in [-0.4, -0.2) is 73.3 Å². The lowest BCUT2D eigenvalue weighted by Crippen LogP contribution is -1.95. The first-order valence-electron chi connectivity index (χ1n) is 12.7. The molecule has 0 unspecified atom stereocenters. The van der Waals surface area contributed by atoms with Gasteiger partial charge in [-0.3, -0.25) is 0 Å². The van der Waals surface area contributed by atoms with Crippen molar-refractivity contribution in [2.75, 3.05) is 52.9 Å². The maximum absolute atomic E-state index is 7.62. The highest BCUT2D eigenvalue weighted by molar-refractivity contribution is 4.52. The van der Waals surface area contributed by atoms with Crippen LogP contribution in [0.3, 0.4) is 0 Å². The fourth-order valence-corrected chi connectivity index (χ4v) is 1.01. The van der Waals surface area contributed by atoms with Gasteiger partial charge >= 0.3 is 0 Å². The highest BCUT2D eigenvalue weighted by atomic mass is 16.5. The largest absolute Gasteiger partial charge is 0.394 e. The first-order valence-corrected chi connectivity index (χ1v) is 12.7. The van der Waals surface area contributed by atoms with E-state index in [1.54, 1.807) is 24.3 Å². The number of aliphatic hydroxyl groups excluding tert-OH is 4. The third-order valence-electron chi connectivity index (χ3n) is 2.14. The fourth-order valence-electron chi connectivity index (χ4n) is 1.01. The van der Waals surface area contributed by atoms with Gasteiger partial charge < -0.3 is 29.9 Å². The van der Waals surface area contributed by atoms with Crippen molar-refractivity contribution in [1.29, 1.82) is 0 Å². The Kier molecular flexibility index (Phi) is 163. The van der Waals surface area contributed by atoms with Gasteiger partial charge in [0.2, 0.25) is 0 Å². The highest BCUT2D eigenvalue weighted by Gasteiger charge is 1.86. The van der Waals surface area contributed by atoms with Gasteiger partial charge in [-0.2, -0.15) is 0 Å². The number of hydrogen-bond donors (Lipinski definition) is 4. The molecule has 0 fully saturated rings. The molecule has 0 heterocycles. The lowest BCUT2D eigenvalue weighted by molar-refractivity contribution is 0.127. The van der Waals surface area contributed by atoms with Crippen LogP contribution in [0.4, 0.5) is 0 Å². The van der Waals surface area contributed by atoms with Crippen LogP contribution >= 0.6 is 0 Å². The molecule has 0 rings (SSSR count). The van der Waals surface area contributed by atoms with Gasteiger partial charge in [0.1, 0.15) is 0 Å². The molecule has 0 aliphatic heterocycles. The zero-order chi connectivity index (χ0) is 29.4. The number of unbranched alkanes of at least 4 members (excludes halogenated alkanes) is 3. The summed E-state index contributed by atoms with van der Waals surface area (Å²) in [5.41, 5.74) is 0. The molecule has 0 aliphatic carbocycles. The van der Waals surface area contributed by atoms with Gasteiger partial charge in [-0.05, 0) is 54.4 Å². The quantitative estimate of drug-likeness (QED) is 0.181. The van der Waals surface area contributed by atoms with E-state index in [1.165, 1.54) is 32.1 Å². The Labute approximate surface area is 221 Å². The second-order valence-electron chi connectivity index (χ2n) is 5.98. The lowest BCUT2D eigenvalue weighted by Gasteiger charge is -2.00. The lowest BCUT2D eigenvalue weighted by atomic mass is 10.3. The Balaban J connectivity index is -0.0000000422. The number of allylic oxidation sites excluding steroid dienone is 4. The van der Waals surface area contributed by atoms with E-state index in [2.05, 4.69) is 40.2 Å². The maximum atomic E-state index is 7.62. The summed E-state index contributed by atoms with van der Waals surface area (Å²) in [6, 6.07) is 0. The summed E-state index contributed by atoms with van der Waals surface area (Å²) in [6.07, 6.45) is 13.3. The molecule has 218 valence electrons. The Morgan fingerprint density at radius 2 is 0.743 bits per heavy atom. The van der Waals surface area contributed by atoms with Crippen LogP contribution in [0.1, 0.15) is 87.5 Å². The average molecular weight is 511 g/mol.